The molecule has 2 rings (SSSR count). The summed E-state index contributed by atoms with van der Waals surface area (Å²) in [5.41, 5.74) is 7.70. The van der Waals surface area contributed by atoms with Crippen LogP contribution in [-0.4, -0.2) is 9.91 Å². The van der Waals surface area contributed by atoms with Gasteiger partial charge in [0.2, 0.25) is 5.82 Å². The number of anilines is 1. The number of nitro groups is 1. The fourth-order valence-corrected chi connectivity index (χ4v) is 2.11. The molecule has 0 atom stereocenters. The normalized spacial score (nSPS) is 18.2. The predicted octanol–water partition coefficient (Wildman–Crippen LogP) is 3.17. The molecular weight excluding hydrogens is 230 g/mol. The summed E-state index contributed by atoms with van der Waals surface area (Å²) in [7, 11) is 0. The van der Waals surface area contributed by atoms with Crippen molar-refractivity contribution in [3.8, 4) is 0 Å². The molecule has 2 N–H and O–H groups in total. The molecule has 0 aromatic carbocycles. The molecule has 5 nitrogen and oxygen atoms in total. The van der Waals surface area contributed by atoms with Crippen LogP contribution in [-0.2, 0) is 0 Å². The van der Waals surface area contributed by atoms with Crippen molar-refractivity contribution in [1.29, 1.82) is 0 Å². The van der Waals surface area contributed by atoms with Crippen molar-refractivity contribution in [2.45, 2.75) is 33.1 Å². The second-order valence-electron chi connectivity index (χ2n) is 5.46. The van der Waals surface area contributed by atoms with E-state index in [0.29, 0.717) is 5.41 Å². The van der Waals surface area contributed by atoms with E-state index in [1.54, 1.807) is 6.07 Å². The minimum absolute atomic E-state index is 0.0109. The van der Waals surface area contributed by atoms with E-state index in [-0.39, 0.29) is 11.5 Å². The first kappa shape index (κ1) is 12.5. The molecule has 1 aliphatic rings. The zero-order valence-electron chi connectivity index (χ0n) is 10.6. The van der Waals surface area contributed by atoms with E-state index in [1.807, 2.05) is 0 Å². The number of rotatable bonds is 2. The third kappa shape index (κ3) is 2.50. The van der Waals surface area contributed by atoms with E-state index in [0.717, 1.165) is 30.5 Å². The van der Waals surface area contributed by atoms with E-state index in [9.17, 15) is 10.1 Å². The van der Waals surface area contributed by atoms with Crippen LogP contribution in [0.15, 0.2) is 18.2 Å². The van der Waals surface area contributed by atoms with Crippen LogP contribution in [0.5, 0.6) is 0 Å². The molecule has 0 aliphatic heterocycles. The van der Waals surface area contributed by atoms with Gasteiger partial charge in [-0.25, -0.2) is 4.98 Å². The Morgan fingerprint density at radius 3 is 2.67 bits per heavy atom. The van der Waals surface area contributed by atoms with Crippen LogP contribution >= 0.6 is 0 Å². The highest BCUT2D eigenvalue weighted by molar-refractivity contribution is 5.67. The summed E-state index contributed by atoms with van der Waals surface area (Å²) >= 11 is 0. The van der Waals surface area contributed by atoms with Crippen molar-refractivity contribution < 1.29 is 4.92 Å². The van der Waals surface area contributed by atoms with E-state index in [4.69, 9.17) is 5.73 Å². The zero-order chi connectivity index (χ0) is 13.3. The maximum Gasteiger partial charge on any atom is 0.311 e. The fraction of sp³-hybridized carbons (Fsp3) is 0.462. The molecule has 0 amide bonds. The predicted molar refractivity (Wildman–Crippen MR) is 70.9 cm³/mol. The van der Waals surface area contributed by atoms with Gasteiger partial charge in [0, 0.05) is 6.07 Å². The lowest BCUT2D eigenvalue weighted by Gasteiger charge is -2.28. The number of hydrogen-bond donors (Lipinski definition) is 1. The quantitative estimate of drug-likeness (QED) is 0.642. The summed E-state index contributed by atoms with van der Waals surface area (Å²) in [5, 5.41) is 10.7. The second-order valence-corrected chi connectivity index (χ2v) is 5.46. The van der Waals surface area contributed by atoms with E-state index in [2.05, 4.69) is 24.9 Å². The van der Waals surface area contributed by atoms with Crippen molar-refractivity contribution in [2.24, 2.45) is 5.41 Å². The first-order valence-electron chi connectivity index (χ1n) is 5.99. The summed E-state index contributed by atoms with van der Waals surface area (Å²) in [6, 6.07) is 3.11. The molecule has 5 heteroatoms. The van der Waals surface area contributed by atoms with Gasteiger partial charge in [0.25, 0.3) is 0 Å². The van der Waals surface area contributed by atoms with Crippen LogP contribution in [0.4, 0.5) is 11.5 Å². The van der Waals surface area contributed by atoms with Gasteiger partial charge in [-0.15, -0.1) is 0 Å². The van der Waals surface area contributed by atoms with Gasteiger partial charge in [-0.1, -0.05) is 19.9 Å². The Kier molecular flexibility index (Phi) is 3.07. The molecule has 0 spiro atoms. The molecule has 0 saturated heterocycles. The lowest BCUT2D eigenvalue weighted by molar-refractivity contribution is -0.384. The zero-order valence-corrected chi connectivity index (χ0v) is 10.6. The van der Waals surface area contributed by atoms with E-state index >= 15 is 0 Å². The first-order chi connectivity index (χ1) is 8.39. The maximum absolute atomic E-state index is 10.7. The lowest BCUT2D eigenvalue weighted by atomic mass is 9.78. The van der Waals surface area contributed by atoms with Gasteiger partial charge in [-0.3, -0.25) is 10.1 Å². The van der Waals surface area contributed by atoms with Crippen LogP contribution in [0.1, 0.15) is 38.8 Å². The molecular formula is C13H17N3O2. The molecule has 18 heavy (non-hydrogen) atoms. The largest absolute Gasteiger partial charge is 0.378 e. The third-order valence-corrected chi connectivity index (χ3v) is 3.40. The molecule has 0 unspecified atom stereocenters. The van der Waals surface area contributed by atoms with Gasteiger partial charge in [-0.05, 0) is 36.3 Å². The number of hydrogen-bond acceptors (Lipinski definition) is 4. The number of nitrogens with two attached hydrogens (primary N) is 1. The molecule has 0 fully saturated rings. The van der Waals surface area contributed by atoms with Crippen molar-refractivity contribution >= 4 is 17.1 Å². The van der Waals surface area contributed by atoms with Crippen molar-refractivity contribution in [1.82, 2.24) is 4.98 Å². The molecule has 96 valence electrons. The Balaban J connectivity index is 2.28. The average Bonchev–Trinajstić information content (AvgIpc) is 2.28. The molecule has 1 aromatic rings. The minimum Gasteiger partial charge on any atom is -0.378 e. The van der Waals surface area contributed by atoms with Crippen LogP contribution in [0.25, 0.3) is 5.57 Å². The number of nitrogens with zero attached hydrogens (tertiary/aromatic N) is 2. The summed E-state index contributed by atoms with van der Waals surface area (Å²) in [6.45, 7) is 4.47. The second kappa shape index (κ2) is 4.40. The smallest absolute Gasteiger partial charge is 0.311 e. The van der Waals surface area contributed by atoms with Gasteiger partial charge in [0.05, 0.1) is 10.6 Å². The van der Waals surface area contributed by atoms with Crippen LogP contribution in [0.3, 0.4) is 0 Å². The molecule has 1 aromatic heterocycles. The Labute approximate surface area is 106 Å². The van der Waals surface area contributed by atoms with Crippen LogP contribution in [0, 0.1) is 15.5 Å². The standard InChI is InChI=1S/C13H17N3O2/c1-13(2)7-5-9(6-8-13)10-3-4-11(16(17)18)12(14)15-10/h3-5H,6-8H2,1-2H3,(H2,14,15). The van der Waals surface area contributed by atoms with Crippen molar-refractivity contribution in [3.05, 3.63) is 34.0 Å². The van der Waals surface area contributed by atoms with E-state index < -0.39 is 4.92 Å². The highest BCUT2D eigenvalue weighted by atomic mass is 16.6. The van der Waals surface area contributed by atoms with Crippen molar-refractivity contribution in [2.75, 3.05) is 5.73 Å². The topological polar surface area (TPSA) is 82.0 Å². The van der Waals surface area contributed by atoms with Gasteiger partial charge in [0.1, 0.15) is 0 Å². The number of nitrogen functional groups attached to an aromatic ring is 1. The van der Waals surface area contributed by atoms with Crippen LogP contribution in [0.2, 0.25) is 0 Å². The summed E-state index contributed by atoms with van der Waals surface area (Å²) < 4.78 is 0. The monoisotopic (exact) mass is 247 g/mol. The van der Waals surface area contributed by atoms with E-state index in [1.165, 1.54) is 6.07 Å². The minimum atomic E-state index is -0.509. The highest BCUT2D eigenvalue weighted by Crippen LogP contribution is 2.37. The Morgan fingerprint density at radius 2 is 2.17 bits per heavy atom. The summed E-state index contributed by atoms with van der Waals surface area (Å²) in [6.07, 6.45) is 5.20. The molecule has 0 bridgehead atoms. The Hall–Kier alpha value is -1.91. The maximum atomic E-state index is 10.7. The molecule has 0 saturated carbocycles. The third-order valence-electron chi connectivity index (χ3n) is 3.40. The van der Waals surface area contributed by atoms with Gasteiger partial charge >= 0.3 is 5.69 Å². The Bertz CT molecular complexity index is 521. The Morgan fingerprint density at radius 1 is 1.44 bits per heavy atom. The highest BCUT2D eigenvalue weighted by Gasteiger charge is 2.23. The van der Waals surface area contributed by atoms with Crippen molar-refractivity contribution in [3.63, 3.8) is 0 Å². The molecule has 1 heterocycles. The first-order valence-corrected chi connectivity index (χ1v) is 5.99. The molecule has 0 radical (unpaired) electrons. The lowest BCUT2D eigenvalue weighted by Crippen LogP contribution is -2.14. The van der Waals surface area contributed by atoms with Crippen LogP contribution < -0.4 is 5.73 Å². The summed E-state index contributed by atoms with van der Waals surface area (Å²) in [4.78, 5) is 14.3. The molecule has 1 aliphatic carbocycles. The van der Waals surface area contributed by atoms with Gasteiger partial charge in [0.15, 0.2) is 0 Å². The number of allylic oxidation sites excluding steroid dienone is 2. The number of aromatic nitrogens is 1. The number of pyridine rings is 1. The average molecular weight is 247 g/mol. The SMILES string of the molecule is CC1(C)CC=C(c2ccc([N+](=O)[O-])c(N)n2)CC1. The van der Waals surface area contributed by atoms with Gasteiger partial charge < -0.3 is 5.73 Å². The summed E-state index contributed by atoms with van der Waals surface area (Å²) in [5.74, 6) is -0.0109. The van der Waals surface area contributed by atoms with Gasteiger partial charge in [-0.2, -0.15) is 0 Å². The fourth-order valence-electron chi connectivity index (χ4n) is 2.11.